The molecule has 1 aromatic carbocycles. The molecule has 0 fully saturated rings. The normalized spacial score (nSPS) is 11.0. The molecule has 1 aromatic rings. The van der Waals surface area contributed by atoms with Gasteiger partial charge in [-0.05, 0) is 18.2 Å². The first-order chi connectivity index (χ1) is 7.90. The summed E-state index contributed by atoms with van der Waals surface area (Å²) in [5.41, 5.74) is 13.0. The fourth-order valence-corrected chi connectivity index (χ4v) is 1.27. The lowest BCUT2D eigenvalue weighted by atomic mass is 10.2. The Bertz CT molecular complexity index is 495. The van der Waals surface area contributed by atoms with E-state index in [0.717, 1.165) is 0 Å². The summed E-state index contributed by atoms with van der Waals surface area (Å²) in [4.78, 5) is 0. The number of benzene rings is 1. The Morgan fingerprint density at radius 3 is 2.59 bits per heavy atom. The van der Waals surface area contributed by atoms with Crippen LogP contribution in [-0.4, -0.2) is 5.11 Å². The van der Waals surface area contributed by atoms with Gasteiger partial charge < -0.3 is 21.9 Å². The lowest BCUT2D eigenvalue weighted by Gasteiger charge is -2.12. The SMILES string of the molecule is C=C(N)/C=C(/Nc1cc(O)ccc1N)C(=C)Cl. The van der Waals surface area contributed by atoms with Crippen molar-refractivity contribution in [2.24, 2.45) is 5.73 Å². The summed E-state index contributed by atoms with van der Waals surface area (Å²) in [7, 11) is 0. The number of phenols is 1. The summed E-state index contributed by atoms with van der Waals surface area (Å²) < 4.78 is 0. The molecule has 17 heavy (non-hydrogen) atoms. The molecule has 6 N–H and O–H groups in total. The first-order valence-corrected chi connectivity index (χ1v) is 5.14. The summed E-state index contributed by atoms with van der Waals surface area (Å²) in [6.45, 7) is 7.13. The van der Waals surface area contributed by atoms with E-state index >= 15 is 0 Å². The zero-order valence-electron chi connectivity index (χ0n) is 9.20. The van der Waals surface area contributed by atoms with E-state index in [4.69, 9.17) is 23.1 Å². The second-order valence-corrected chi connectivity index (χ2v) is 3.89. The van der Waals surface area contributed by atoms with Crippen LogP contribution in [0.15, 0.2) is 53.9 Å². The van der Waals surface area contributed by atoms with Gasteiger partial charge in [0.05, 0.1) is 22.1 Å². The molecule has 0 aliphatic rings. The van der Waals surface area contributed by atoms with E-state index < -0.39 is 0 Å². The Kier molecular flexibility index (Phi) is 4.06. The highest BCUT2D eigenvalue weighted by Crippen LogP contribution is 2.27. The van der Waals surface area contributed by atoms with Gasteiger partial charge in [0.15, 0.2) is 0 Å². The number of hydrogen-bond acceptors (Lipinski definition) is 4. The zero-order valence-corrected chi connectivity index (χ0v) is 9.96. The molecule has 0 atom stereocenters. The van der Waals surface area contributed by atoms with Crippen LogP contribution < -0.4 is 16.8 Å². The van der Waals surface area contributed by atoms with Gasteiger partial charge in [-0.2, -0.15) is 0 Å². The Morgan fingerprint density at radius 2 is 2.06 bits per heavy atom. The van der Waals surface area contributed by atoms with Crippen LogP contribution in [0.25, 0.3) is 0 Å². The molecule has 0 aliphatic heterocycles. The minimum Gasteiger partial charge on any atom is -0.508 e. The van der Waals surface area contributed by atoms with E-state index in [9.17, 15) is 5.11 Å². The van der Waals surface area contributed by atoms with Gasteiger partial charge in [-0.3, -0.25) is 0 Å². The molecule has 0 amide bonds. The van der Waals surface area contributed by atoms with Crippen molar-refractivity contribution in [2.45, 2.75) is 0 Å². The third-order valence-electron chi connectivity index (χ3n) is 1.93. The highest BCUT2D eigenvalue weighted by molar-refractivity contribution is 6.31. The second-order valence-electron chi connectivity index (χ2n) is 3.43. The van der Waals surface area contributed by atoms with E-state index in [1.165, 1.54) is 18.2 Å². The van der Waals surface area contributed by atoms with Crippen molar-refractivity contribution >= 4 is 23.0 Å². The number of phenolic OH excluding ortho intramolecular Hbond substituents is 1. The number of hydrogen-bond donors (Lipinski definition) is 4. The topological polar surface area (TPSA) is 84.3 Å². The van der Waals surface area contributed by atoms with E-state index in [0.29, 0.717) is 22.8 Å². The Labute approximate surface area is 105 Å². The zero-order chi connectivity index (χ0) is 13.0. The predicted molar refractivity (Wildman–Crippen MR) is 72.5 cm³/mol. The van der Waals surface area contributed by atoms with E-state index in [-0.39, 0.29) is 10.8 Å². The Morgan fingerprint density at radius 1 is 1.41 bits per heavy atom. The van der Waals surface area contributed by atoms with Crippen LogP contribution in [0, 0.1) is 0 Å². The maximum absolute atomic E-state index is 9.36. The fraction of sp³-hybridized carbons (Fsp3) is 0. The maximum atomic E-state index is 9.36. The lowest BCUT2D eigenvalue weighted by molar-refractivity contribution is 0.475. The molecule has 0 saturated heterocycles. The molecule has 0 unspecified atom stereocenters. The van der Waals surface area contributed by atoms with Gasteiger partial charge in [0.25, 0.3) is 0 Å². The quantitative estimate of drug-likeness (QED) is 0.376. The molecule has 0 radical (unpaired) electrons. The smallest absolute Gasteiger partial charge is 0.117 e. The summed E-state index contributed by atoms with van der Waals surface area (Å²) in [6.07, 6.45) is 1.53. The van der Waals surface area contributed by atoms with Gasteiger partial charge in [0.2, 0.25) is 0 Å². The van der Waals surface area contributed by atoms with E-state index in [2.05, 4.69) is 18.5 Å². The van der Waals surface area contributed by atoms with Crippen LogP contribution >= 0.6 is 11.6 Å². The molecule has 90 valence electrons. The monoisotopic (exact) mass is 251 g/mol. The van der Waals surface area contributed by atoms with Crippen molar-refractivity contribution < 1.29 is 5.11 Å². The Balaban J connectivity index is 3.06. The van der Waals surface area contributed by atoms with Crippen molar-refractivity contribution in [3.8, 4) is 5.75 Å². The first-order valence-electron chi connectivity index (χ1n) is 4.76. The predicted octanol–water partition coefficient (Wildman–Crippen LogP) is 2.50. The molecule has 0 heterocycles. The van der Waals surface area contributed by atoms with Gasteiger partial charge in [-0.25, -0.2) is 0 Å². The van der Waals surface area contributed by atoms with Gasteiger partial charge in [0, 0.05) is 11.8 Å². The van der Waals surface area contributed by atoms with Gasteiger partial charge >= 0.3 is 0 Å². The first kappa shape index (κ1) is 13.0. The molecule has 0 saturated carbocycles. The van der Waals surface area contributed by atoms with Crippen molar-refractivity contribution in [2.75, 3.05) is 11.1 Å². The molecule has 0 aliphatic carbocycles. The third kappa shape index (κ3) is 3.77. The molecular weight excluding hydrogens is 238 g/mol. The van der Waals surface area contributed by atoms with Crippen LogP contribution in [0.4, 0.5) is 11.4 Å². The molecule has 0 aromatic heterocycles. The standard InChI is InChI=1S/C12H14ClN3O/c1-7(14)5-11(8(2)13)16-12-6-9(17)3-4-10(12)15/h3-6,16-17H,1-2,14-15H2/b11-5+. The number of nitrogens with one attached hydrogen (secondary N) is 1. The van der Waals surface area contributed by atoms with Crippen LogP contribution in [0.5, 0.6) is 5.75 Å². The van der Waals surface area contributed by atoms with E-state index in [1.807, 2.05) is 0 Å². The van der Waals surface area contributed by atoms with Gasteiger partial charge in [-0.15, -0.1) is 0 Å². The number of halogens is 1. The van der Waals surface area contributed by atoms with Crippen LogP contribution in [0.1, 0.15) is 0 Å². The van der Waals surface area contributed by atoms with Crippen molar-refractivity contribution in [3.05, 3.63) is 53.9 Å². The lowest BCUT2D eigenvalue weighted by Crippen LogP contribution is -2.04. The number of nitrogen functional groups attached to an aromatic ring is 1. The van der Waals surface area contributed by atoms with Gasteiger partial charge in [-0.1, -0.05) is 24.8 Å². The third-order valence-corrected chi connectivity index (χ3v) is 2.13. The minimum atomic E-state index is 0.0906. The van der Waals surface area contributed by atoms with Gasteiger partial charge in [0.1, 0.15) is 5.75 Å². The summed E-state index contributed by atoms with van der Waals surface area (Å²) in [5, 5.41) is 12.5. The molecule has 1 rings (SSSR count). The molecular formula is C12H14ClN3O. The van der Waals surface area contributed by atoms with Crippen molar-refractivity contribution in [3.63, 3.8) is 0 Å². The fourth-order valence-electron chi connectivity index (χ4n) is 1.17. The second kappa shape index (κ2) is 5.32. The molecule has 5 heteroatoms. The average Bonchev–Trinajstić information content (AvgIpc) is 2.21. The number of anilines is 2. The minimum absolute atomic E-state index is 0.0906. The highest BCUT2D eigenvalue weighted by atomic mass is 35.5. The largest absolute Gasteiger partial charge is 0.508 e. The maximum Gasteiger partial charge on any atom is 0.117 e. The van der Waals surface area contributed by atoms with Crippen molar-refractivity contribution in [1.29, 1.82) is 0 Å². The Hall–Kier alpha value is -2.07. The molecule has 4 nitrogen and oxygen atoms in total. The van der Waals surface area contributed by atoms with Crippen LogP contribution in [0.2, 0.25) is 0 Å². The number of nitrogens with two attached hydrogens (primary N) is 2. The number of rotatable bonds is 4. The van der Waals surface area contributed by atoms with Crippen LogP contribution in [0.3, 0.4) is 0 Å². The average molecular weight is 252 g/mol. The number of aromatic hydroxyl groups is 1. The van der Waals surface area contributed by atoms with Crippen LogP contribution in [-0.2, 0) is 0 Å². The summed E-state index contributed by atoms with van der Waals surface area (Å²) >= 11 is 5.80. The van der Waals surface area contributed by atoms with Crippen molar-refractivity contribution in [1.82, 2.24) is 0 Å². The van der Waals surface area contributed by atoms with E-state index in [1.54, 1.807) is 6.07 Å². The molecule has 0 spiro atoms. The summed E-state index contributed by atoms with van der Waals surface area (Å²) in [6, 6.07) is 4.53. The number of allylic oxidation sites excluding steroid dienone is 2. The highest BCUT2D eigenvalue weighted by Gasteiger charge is 2.05. The summed E-state index contributed by atoms with van der Waals surface area (Å²) in [5.74, 6) is 0.0906. The molecule has 0 bridgehead atoms.